The molecule has 0 spiro atoms. The Labute approximate surface area is 305 Å². The molecule has 1 aliphatic rings. The van der Waals surface area contributed by atoms with E-state index in [9.17, 15) is 0 Å². The van der Waals surface area contributed by atoms with Crippen LogP contribution in [0.15, 0.2) is 91.0 Å². The van der Waals surface area contributed by atoms with Gasteiger partial charge in [0.25, 0.3) is 0 Å². The monoisotopic (exact) mass is 668 g/mol. The lowest BCUT2D eigenvalue weighted by molar-refractivity contribution is 0.660. The van der Waals surface area contributed by atoms with Crippen molar-refractivity contribution in [3.8, 4) is 0 Å². The van der Waals surface area contributed by atoms with Gasteiger partial charge in [-0.15, -0.1) is 0 Å². The van der Waals surface area contributed by atoms with Crippen LogP contribution in [0.25, 0.3) is 22.9 Å². The summed E-state index contributed by atoms with van der Waals surface area (Å²) in [6.07, 6.45) is 5.10. The summed E-state index contributed by atoms with van der Waals surface area (Å²) in [5.74, 6) is 0.292. The van der Waals surface area contributed by atoms with Gasteiger partial charge in [-0.25, -0.2) is 0 Å². The van der Waals surface area contributed by atoms with E-state index in [4.69, 9.17) is 0 Å². The van der Waals surface area contributed by atoms with E-state index in [1.807, 2.05) is 0 Å². The van der Waals surface area contributed by atoms with Gasteiger partial charge in [-0.05, 0) is 213 Å². The minimum atomic E-state index is 0.166. The average molecular weight is 669 g/mol. The van der Waals surface area contributed by atoms with Crippen LogP contribution < -0.4 is 20.2 Å². The van der Waals surface area contributed by atoms with Crippen molar-refractivity contribution in [3.05, 3.63) is 157 Å². The molecule has 6 aromatic carbocycles. The molecule has 0 heterocycles. The molecule has 2 atom stereocenters. The summed E-state index contributed by atoms with van der Waals surface area (Å²) in [4.78, 5) is 5.02. The van der Waals surface area contributed by atoms with Crippen LogP contribution in [-0.2, 0) is 0 Å². The van der Waals surface area contributed by atoms with Crippen LogP contribution in [-0.4, -0.2) is 6.04 Å². The quantitative estimate of drug-likeness (QED) is 0.174. The van der Waals surface area contributed by atoms with Crippen LogP contribution in [0.5, 0.6) is 0 Å². The van der Waals surface area contributed by atoms with E-state index in [2.05, 4.69) is 189 Å². The molecule has 0 saturated heterocycles. The predicted octanol–water partition coefficient (Wildman–Crippen LogP) is 11.8. The van der Waals surface area contributed by atoms with Crippen LogP contribution >= 0.6 is 0 Å². The Morgan fingerprint density at radius 2 is 0.745 bits per heavy atom. The summed E-state index contributed by atoms with van der Waals surface area (Å²) in [6.45, 7) is 24.6. The molecule has 51 heavy (non-hydrogen) atoms. The molecule has 6 aromatic rings. The van der Waals surface area contributed by atoms with E-state index in [-0.39, 0.29) is 6.04 Å². The highest BCUT2D eigenvalue weighted by atomic mass is 15.2. The van der Waals surface area contributed by atoms with Gasteiger partial charge in [-0.2, -0.15) is 0 Å². The third kappa shape index (κ3) is 6.61. The summed E-state index contributed by atoms with van der Waals surface area (Å²) < 4.78 is 0. The second kappa shape index (κ2) is 13.2. The van der Waals surface area contributed by atoms with Gasteiger partial charge in [-0.3, -0.25) is 0 Å². The largest absolute Gasteiger partial charge is 0.334 e. The molecule has 0 aliphatic heterocycles. The van der Waals surface area contributed by atoms with Gasteiger partial charge in [0.1, 0.15) is 0 Å². The van der Waals surface area contributed by atoms with Gasteiger partial charge in [0.15, 0.2) is 0 Å². The number of aryl methyl sites for hydroxylation is 10. The molecule has 2 heteroatoms. The number of fused-ring (bicyclic) bond motifs is 2. The number of nitrogens with zero attached hydrogens (tertiary/aromatic N) is 2. The topological polar surface area (TPSA) is 6.48 Å². The van der Waals surface area contributed by atoms with Crippen molar-refractivity contribution in [2.45, 2.75) is 82.2 Å². The maximum absolute atomic E-state index is 2.58. The van der Waals surface area contributed by atoms with Crippen molar-refractivity contribution in [3.63, 3.8) is 0 Å². The molecule has 1 unspecified atom stereocenters. The molecule has 7 rings (SSSR count). The summed E-state index contributed by atoms with van der Waals surface area (Å²) in [5, 5.41) is 5.36. The van der Waals surface area contributed by atoms with Crippen LogP contribution in [0, 0.1) is 75.2 Å². The van der Waals surface area contributed by atoms with Gasteiger partial charge in [0.05, 0.1) is 6.04 Å². The van der Waals surface area contributed by atoms with E-state index in [1.165, 1.54) is 105 Å². The van der Waals surface area contributed by atoms with Crippen molar-refractivity contribution in [1.82, 2.24) is 0 Å². The first-order chi connectivity index (χ1) is 24.2. The number of benzene rings is 6. The lowest BCUT2D eigenvalue weighted by atomic mass is 9.86. The Kier molecular flexibility index (Phi) is 8.92. The van der Waals surface area contributed by atoms with Gasteiger partial charge < -0.3 is 9.80 Å². The molecule has 0 amide bonds. The Bertz CT molecular complexity index is 2280. The highest BCUT2D eigenvalue weighted by molar-refractivity contribution is 5.94. The fraction of sp³-hybridized carbons (Fsp3) is 0.265. The molecule has 0 bridgehead atoms. The maximum atomic E-state index is 2.58. The van der Waals surface area contributed by atoms with Crippen molar-refractivity contribution < 1.29 is 0 Å². The van der Waals surface area contributed by atoms with Crippen LogP contribution in [0.1, 0.15) is 62.6 Å². The molecular weight excluding hydrogens is 617 g/mol. The first-order valence-corrected chi connectivity index (χ1v) is 18.4. The smallest absolute Gasteiger partial charge is 0.0591 e. The van der Waals surface area contributed by atoms with E-state index in [0.717, 1.165) is 0 Å². The third-order valence-corrected chi connectivity index (χ3v) is 10.7. The highest BCUT2D eigenvalue weighted by Crippen LogP contribution is 2.39. The fourth-order valence-corrected chi connectivity index (χ4v) is 8.71. The van der Waals surface area contributed by atoms with Gasteiger partial charge in [-0.1, -0.05) is 49.4 Å². The lowest BCUT2D eigenvalue weighted by Crippen LogP contribution is -2.44. The van der Waals surface area contributed by atoms with Crippen LogP contribution in [0.3, 0.4) is 0 Å². The first-order valence-electron chi connectivity index (χ1n) is 18.4. The summed E-state index contributed by atoms with van der Waals surface area (Å²) >= 11 is 0. The average Bonchev–Trinajstić information content (AvgIpc) is 3.03. The molecule has 0 aromatic heterocycles. The lowest BCUT2D eigenvalue weighted by Gasteiger charge is -2.37. The molecule has 0 fully saturated rings. The Morgan fingerprint density at radius 3 is 1.18 bits per heavy atom. The standard InChI is InChI=1S/C49H52N2/c1-29-14-30(2)19-41(18-29)50(42-20-31(3)15-32(4)21-42)40-12-13-45-38(10)48-28-49(37(9)26-46(48)39(11)47(45)27-40)51(43-22-33(5)16-34(6)23-43)44-24-35(7)17-36(8)25-44/h12-28,37,49H,1-11H3/t37-,49?/m0/s1. The van der Waals surface area contributed by atoms with Gasteiger partial charge >= 0.3 is 0 Å². The van der Waals surface area contributed by atoms with Crippen LogP contribution in [0.4, 0.5) is 28.4 Å². The van der Waals surface area contributed by atoms with Gasteiger partial charge in [0.2, 0.25) is 0 Å². The normalized spacial score (nSPS) is 15.3. The predicted molar refractivity (Wildman–Crippen MR) is 222 cm³/mol. The zero-order valence-electron chi connectivity index (χ0n) is 32.4. The number of hydrogen-bond acceptors (Lipinski definition) is 2. The maximum Gasteiger partial charge on any atom is 0.0591 e. The zero-order valence-corrected chi connectivity index (χ0v) is 32.4. The SMILES string of the molecule is Cc1cc(C)cc(N(c2cc(C)cc(C)c2)c2ccc3c(C)c4c(c(C)c3c2)=C[C@H](C)C(N(c2cc(C)cc(C)c2)c2cc(C)cc(C)c2)C=4)c1. The third-order valence-electron chi connectivity index (χ3n) is 10.7. The Hall–Kier alpha value is -5.08. The Morgan fingerprint density at radius 1 is 0.373 bits per heavy atom. The van der Waals surface area contributed by atoms with E-state index >= 15 is 0 Å². The van der Waals surface area contributed by atoms with Crippen LogP contribution in [0.2, 0.25) is 0 Å². The molecule has 0 saturated carbocycles. The Balaban J connectivity index is 1.43. The molecular formula is C49H52N2. The highest BCUT2D eigenvalue weighted by Gasteiger charge is 2.27. The van der Waals surface area contributed by atoms with E-state index in [0.29, 0.717) is 5.92 Å². The summed E-state index contributed by atoms with van der Waals surface area (Å²) in [5.41, 5.74) is 19.0. The number of hydrogen-bond donors (Lipinski definition) is 0. The number of rotatable bonds is 6. The molecule has 1 aliphatic carbocycles. The fourth-order valence-electron chi connectivity index (χ4n) is 8.71. The minimum Gasteiger partial charge on any atom is -0.334 e. The second-order valence-corrected chi connectivity index (χ2v) is 15.6. The molecule has 0 N–H and O–H groups in total. The van der Waals surface area contributed by atoms with Crippen molar-refractivity contribution >= 4 is 51.4 Å². The number of anilines is 5. The van der Waals surface area contributed by atoms with E-state index in [1.54, 1.807) is 0 Å². The second-order valence-electron chi connectivity index (χ2n) is 15.6. The summed E-state index contributed by atoms with van der Waals surface area (Å²) in [6, 6.07) is 34.9. The minimum absolute atomic E-state index is 0.166. The first kappa shape index (κ1) is 34.4. The molecule has 2 nitrogen and oxygen atoms in total. The molecule has 258 valence electrons. The van der Waals surface area contributed by atoms with Crippen molar-refractivity contribution in [2.24, 2.45) is 5.92 Å². The molecule has 0 radical (unpaired) electrons. The van der Waals surface area contributed by atoms with Gasteiger partial charge in [0, 0.05) is 28.4 Å². The van der Waals surface area contributed by atoms with E-state index < -0.39 is 0 Å². The zero-order chi connectivity index (χ0) is 36.3. The van der Waals surface area contributed by atoms with Crippen molar-refractivity contribution in [2.75, 3.05) is 9.80 Å². The van der Waals surface area contributed by atoms with Crippen molar-refractivity contribution in [1.29, 1.82) is 0 Å². The summed E-state index contributed by atoms with van der Waals surface area (Å²) in [7, 11) is 0.